The number of halogens is 4. The van der Waals surface area contributed by atoms with Gasteiger partial charge in [0.05, 0.1) is 51.1 Å². The molecule has 0 unspecified atom stereocenters. The van der Waals surface area contributed by atoms with E-state index in [4.69, 9.17) is 0 Å². The third-order valence-corrected chi connectivity index (χ3v) is 21.8. The molecule has 86 heavy (non-hydrogen) atoms. The molecule has 12 rings (SSSR count). The lowest BCUT2D eigenvalue weighted by Crippen LogP contribution is -2.23. The largest absolute Gasteiger partial charge is 0.416 e. The van der Waals surface area contributed by atoms with Crippen molar-refractivity contribution in [3.05, 3.63) is 161 Å². The first-order valence-electron chi connectivity index (χ1n) is 28.3. The average Bonchev–Trinajstić information content (AvgIpc) is 2.31. The second kappa shape index (κ2) is 23.7. The predicted octanol–water partition coefficient (Wildman–Crippen LogP) is 10.3. The Morgan fingerprint density at radius 3 is 1.35 bits per heavy atom. The average molecular weight is 1240 g/mol. The maximum Gasteiger partial charge on any atom is 0.416 e. The molecule has 0 atom stereocenters. The third kappa shape index (κ3) is 11.6. The van der Waals surface area contributed by atoms with Crippen molar-refractivity contribution >= 4 is 79.5 Å². The van der Waals surface area contributed by atoms with E-state index in [0.29, 0.717) is 70.8 Å². The number of alkyl halides is 3. The Bertz CT molecular complexity index is 4560. The Hall–Kier alpha value is -7.42. The number of para-hydroxylation sites is 1. The van der Waals surface area contributed by atoms with Gasteiger partial charge in [0.2, 0.25) is 0 Å². The molecular weight excluding hydrogens is 1170 g/mol. The molecule has 0 aliphatic carbocycles. The van der Waals surface area contributed by atoms with Crippen LogP contribution < -0.4 is 0 Å². The summed E-state index contributed by atoms with van der Waals surface area (Å²) in [5.41, 5.74) is 7.90. The highest BCUT2D eigenvalue weighted by Crippen LogP contribution is 2.40. The molecule has 3 aliphatic heterocycles. The van der Waals surface area contributed by atoms with E-state index in [1.807, 2.05) is 58.3 Å². The molecule has 0 saturated heterocycles. The van der Waals surface area contributed by atoms with Crippen molar-refractivity contribution in [2.45, 2.75) is 94.8 Å². The second-order valence-electron chi connectivity index (χ2n) is 22.1. The molecule has 18 nitrogen and oxygen atoms in total. The van der Waals surface area contributed by atoms with Crippen molar-refractivity contribution in [3.63, 3.8) is 0 Å². The van der Waals surface area contributed by atoms with Crippen molar-refractivity contribution in [2.75, 3.05) is 60.4 Å². The lowest BCUT2D eigenvalue weighted by Gasteiger charge is -2.21. The molecule has 3 aliphatic rings. The number of hydrogen-bond acceptors (Lipinski definition) is 12. The molecule has 9 aromatic rings. The molecule has 0 N–H and O–H groups in total. The lowest BCUT2D eigenvalue weighted by molar-refractivity contribution is -0.137. The molecule has 0 fully saturated rings. The van der Waals surface area contributed by atoms with Crippen LogP contribution in [0.3, 0.4) is 0 Å². The first-order valence-corrected chi connectivity index (χ1v) is 32.6. The first-order chi connectivity index (χ1) is 40.6. The minimum atomic E-state index is -4.52. The summed E-state index contributed by atoms with van der Waals surface area (Å²) >= 11 is 0. The molecule has 25 heteroatoms. The van der Waals surface area contributed by atoms with E-state index >= 15 is 0 Å². The minimum absolute atomic E-state index is 0.0834. The fraction of sp³-hybridized carbons (Fsp3) is 0.361. The Balaban J connectivity index is 0.000000144. The normalized spacial score (nSPS) is 16.0. The summed E-state index contributed by atoms with van der Waals surface area (Å²) in [6.07, 6.45) is 11.8. The van der Waals surface area contributed by atoms with Crippen LogP contribution in [-0.2, 0) is 56.4 Å². The van der Waals surface area contributed by atoms with Crippen LogP contribution in [0.15, 0.2) is 125 Å². The maximum atomic E-state index is 14.1. The van der Waals surface area contributed by atoms with Gasteiger partial charge in [0.25, 0.3) is 30.1 Å². The van der Waals surface area contributed by atoms with Crippen LogP contribution in [0.2, 0.25) is 0 Å². The molecule has 0 spiro atoms. The van der Waals surface area contributed by atoms with E-state index in [0.717, 1.165) is 89.3 Å². The van der Waals surface area contributed by atoms with Crippen molar-refractivity contribution in [1.29, 1.82) is 0 Å². The molecule has 0 saturated carbocycles. The fourth-order valence-corrected chi connectivity index (χ4v) is 16.5. The van der Waals surface area contributed by atoms with Gasteiger partial charge in [-0.2, -0.15) is 28.5 Å². The van der Waals surface area contributed by atoms with Gasteiger partial charge in [0, 0.05) is 117 Å². The third-order valence-electron chi connectivity index (χ3n) is 16.3. The van der Waals surface area contributed by atoms with Gasteiger partial charge in [0.1, 0.15) is 20.5 Å². The number of fused-ring (bicyclic) bond motifs is 3. The van der Waals surface area contributed by atoms with Crippen LogP contribution in [0, 0.1) is 33.5 Å². The van der Waals surface area contributed by atoms with E-state index in [9.17, 15) is 42.8 Å². The zero-order valence-electron chi connectivity index (χ0n) is 49.7. The van der Waals surface area contributed by atoms with Crippen molar-refractivity contribution in [3.8, 4) is 0 Å². The van der Waals surface area contributed by atoms with Gasteiger partial charge in [0.15, 0.2) is 0 Å². The standard InChI is InChI=1S/C22H25F3N4O2S.C21H25FN4O2S.C18H20N4O2S/c1-5-28-15(3)21(14(2)26-28)32(30,31)29-13-19(16-8-10-27(4)11-9-16)18-12-17(22(23,24)25)6-7-20(18)29;1-5-25-15(3)21(14(2)23-25)29(27,28)26-13-19(16-8-10-24(4)11-9-16)18-12-17(22)6-7-20(18)26;1-20-9-7-14(8-10-20)17-13-22(18-6-4-3-5-16(17)18)25(23,24)15-11-19-21(2)12-15/h6-8,12-13H,5,9-11H2,1-4H3;6-8,12-13H,5,9-11H2,1-4H3;3-7,11-13H,8-10H2,1-2H3. The van der Waals surface area contributed by atoms with Gasteiger partial charge in [-0.25, -0.2) is 41.6 Å². The Labute approximate surface area is 498 Å². The Morgan fingerprint density at radius 2 is 0.942 bits per heavy atom. The first kappa shape index (κ1) is 61.7. The van der Waals surface area contributed by atoms with E-state index in [1.54, 1.807) is 56.5 Å². The topological polar surface area (TPSA) is 180 Å². The zero-order valence-corrected chi connectivity index (χ0v) is 52.2. The monoisotopic (exact) mass is 1240 g/mol. The maximum absolute atomic E-state index is 14.1. The van der Waals surface area contributed by atoms with E-state index in [-0.39, 0.29) is 31.4 Å². The SMILES string of the molecule is CCn1nc(C)c(S(=O)(=O)n2cc(C3=CCN(C)CC3)c3cc(C(F)(F)F)ccc32)c1C.CCn1nc(C)c(S(=O)(=O)n2cc(C3=CCN(C)CC3)c3cc(F)ccc32)c1C.CN1CC=C(c2cn(S(=O)(=O)c3cnn(C)c3)c3ccccc23)CC1. The Morgan fingerprint density at radius 1 is 0.523 bits per heavy atom. The van der Waals surface area contributed by atoms with Gasteiger partial charge < -0.3 is 14.7 Å². The summed E-state index contributed by atoms with van der Waals surface area (Å²) < 4.78 is 144. The molecule has 0 bridgehead atoms. The van der Waals surface area contributed by atoms with Crippen LogP contribution in [-0.4, -0.2) is 142 Å². The van der Waals surface area contributed by atoms with Gasteiger partial charge >= 0.3 is 6.18 Å². The molecular formula is C61H70F4N12O6S3. The van der Waals surface area contributed by atoms with Crippen LogP contribution in [0.25, 0.3) is 49.4 Å². The van der Waals surface area contributed by atoms with Gasteiger partial charge in [-0.1, -0.05) is 36.4 Å². The zero-order chi connectivity index (χ0) is 61.9. The number of aryl methyl sites for hydroxylation is 5. The predicted molar refractivity (Wildman–Crippen MR) is 327 cm³/mol. The second-order valence-corrected chi connectivity index (χ2v) is 27.5. The van der Waals surface area contributed by atoms with Crippen molar-refractivity contribution in [2.24, 2.45) is 7.05 Å². The molecule has 0 amide bonds. The van der Waals surface area contributed by atoms with Crippen LogP contribution in [0.5, 0.6) is 0 Å². The molecule has 6 aromatic heterocycles. The van der Waals surface area contributed by atoms with Crippen molar-refractivity contribution in [1.82, 2.24) is 56.0 Å². The number of likely N-dealkylation sites (N-methyl/N-ethyl adjacent to an activating group) is 3. The van der Waals surface area contributed by atoms with Gasteiger partial charge in [-0.15, -0.1) is 0 Å². The van der Waals surface area contributed by atoms with E-state index in [1.165, 1.54) is 61.1 Å². The minimum Gasteiger partial charge on any atom is -0.302 e. The highest BCUT2D eigenvalue weighted by molar-refractivity contribution is 7.90. The number of nitrogens with zero attached hydrogens (tertiary/aromatic N) is 12. The number of hydrogen-bond donors (Lipinski definition) is 0. The highest BCUT2D eigenvalue weighted by Gasteiger charge is 2.35. The fourth-order valence-electron chi connectivity index (χ4n) is 11.7. The Kier molecular flexibility index (Phi) is 17.0. The highest BCUT2D eigenvalue weighted by atomic mass is 32.2. The quantitative estimate of drug-likeness (QED) is 0.112. The van der Waals surface area contributed by atoms with Crippen LogP contribution >= 0.6 is 0 Å². The molecule has 0 radical (unpaired) electrons. The summed E-state index contributed by atoms with van der Waals surface area (Å²) in [5, 5.41) is 14.5. The van der Waals surface area contributed by atoms with E-state index in [2.05, 4.69) is 49.2 Å². The summed E-state index contributed by atoms with van der Waals surface area (Å²) in [7, 11) is -3.85. The molecule has 456 valence electrons. The molecule has 9 heterocycles. The summed E-state index contributed by atoms with van der Waals surface area (Å²) in [4.78, 5) is 7.01. The lowest BCUT2D eigenvalue weighted by atomic mass is 9.98. The molecule has 3 aromatic carbocycles. The summed E-state index contributed by atoms with van der Waals surface area (Å²) in [6.45, 7) is 16.6. The van der Waals surface area contributed by atoms with Crippen LogP contribution in [0.4, 0.5) is 17.6 Å². The van der Waals surface area contributed by atoms with Crippen molar-refractivity contribution < 1.29 is 42.8 Å². The number of rotatable bonds is 11. The summed E-state index contributed by atoms with van der Waals surface area (Å²) in [5.74, 6) is -0.381. The van der Waals surface area contributed by atoms with E-state index < -0.39 is 41.8 Å². The number of aromatic nitrogens is 9. The van der Waals surface area contributed by atoms with Crippen LogP contribution in [0.1, 0.15) is 78.1 Å². The number of benzene rings is 3. The van der Waals surface area contributed by atoms with Gasteiger partial charge in [-0.05, 0) is 141 Å². The summed E-state index contributed by atoms with van der Waals surface area (Å²) in [6, 6.07) is 15.1. The smallest absolute Gasteiger partial charge is 0.302 e. The van der Waals surface area contributed by atoms with Gasteiger partial charge in [-0.3, -0.25) is 14.0 Å².